The Morgan fingerprint density at radius 1 is 0.588 bits per heavy atom. The van der Waals surface area contributed by atoms with Gasteiger partial charge in [-0.2, -0.15) is 0 Å². The molecule has 0 spiro atoms. The summed E-state index contributed by atoms with van der Waals surface area (Å²) in [6, 6.07) is 0. The Hall–Kier alpha value is -2.14. The topological polar surface area (TPSA) is 146 Å². The number of aliphatic imine (C=N–C) groups is 2. The van der Waals surface area contributed by atoms with E-state index in [0.29, 0.717) is 25.2 Å². The first kappa shape index (κ1) is 72.4. The van der Waals surface area contributed by atoms with E-state index in [-0.39, 0.29) is 17.4 Å². The number of allylic oxidation sites excluding steroid dienone is 1. The lowest BCUT2D eigenvalue weighted by Gasteiger charge is -2.22. The SMILES string of the molecule is C=CCCCCCCCN(CCCCCCCC=O)CCCN=C(NO)C(=N)C(N)=NC.CCCC.CCCCCCCCC(CC)OC.CCCCCCCCC(CCCCCCCC)OC. The molecule has 0 fully saturated rings. The van der Waals surface area contributed by atoms with Gasteiger partial charge in [0.2, 0.25) is 0 Å². The predicted octanol–water partition coefficient (Wildman–Crippen LogP) is 16.6. The zero-order chi connectivity index (χ0) is 51.4. The number of hydroxylamine groups is 1. The van der Waals surface area contributed by atoms with Crippen LogP contribution in [0.3, 0.4) is 0 Å². The van der Waals surface area contributed by atoms with Gasteiger partial charge in [0.25, 0.3) is 0 Å². The number of methoxy groups -OCH3 is 2. The first-order chi connectivity index (χ1) is 33.2. The van der Waals surface area contributed by atoms with Gasteiger partial charge in [0.15, 0.2) is 5.84 Å². The molecular weight excluding hydrogens is 845 g/mol. The van der Waals surface area contributed by atoms with Gasteiger partial charge in [0, 0.05) is 34.2 Å². The minimum absolute atomic E-state index is 0.0353. The molecule has 0 aliphatic heterocycles. The highest BCUT2D eigenvalue weighted by molar-refractivity contribution is 6.66. The van der Waals surface area contributed by atoms with Crippen molar-refractivity contribution in [1.29, 1.82) is 5.41 Å². The molecule has 0 bridgehead atoms. The number of nitrogens with two attached hydrogens (primary N) is 1. The number of hydrogen-bond donors (Lipinski definition) is 4. The van der Waals surface area contributed by atoms with Crippen LogP contribution >= 0.6 is 0 Å². The van der Waals surface area contributed by atoms with Crippen molar-refractivity contribution < 1.29 is 19.5 Å². The number of unbranched alkanes of at least 4 members (excludes halogenated alkanes) is 26. The molecule has 0 aromatic rings. The molecule has 0 amide bonds. The van der Waals surface area contributed by atoms with Gasteiger partial charge in [-0.1, -0.05) is 215 Å². The summed E-state index contributed by atoms with van der Waals surface area (Å²) < 4.78 is 10.9. The third-order valence-electron chi connectivity index (χ3n) is 12.7. The van der Waals surface area contributed by atoms with E-state index in [0.717, 1.165) is 58.0 Å². The standard InChI is InChI=1S/C24H46N6O2.C18H38O.C12H26O.C4H10/c1-3-4-5-6-7-10-13-18-30(19-14-11-8-9-12-15-21-31)20-16-17-28-24(29-32)22(25)23(26)27-2;1-4-6-8-10-12-14-16-18(19-3)17-15-13-11-9-7-5-2;1-4-6-7-8-9-10-11-12(5-2)13-3;1-3-4-2/h3,21,25,32H,1,4-20H2,2H3,(H2,26,27)(H,28,29);18H,4-17H2,1-3H3;12H,4-11H2,1-3H3;3-4H2,1-2H3. The highest BCUT2D eigenvalue weighted by atomic mass is 16.5. The van der Waals surface area contributed by atoms with Crippen molar-refractivity contribution in [3.63, 3.8) is 0 Å². The fourth-order valence-electron chi connectivity index (χ4n) is 7.80. The van der Waals surface area contributed by atoms with Gasteiger partial charge in [-0.05, 0) is 83.8 Å². The number of carbonyl (C=O) groups is 1. The molecule has 0 rings (SSSR count). The number of carbonyl (C=O) groups excluding carboxylic acids is 1. The summed E-state index contributed by atoms with van der Waals surface area (Å²) >= 11 is 0. The molecule has 0 radical (unpaired) electrons. The largest absolute Gasteiger partial charge is 0.382 e. The van der Waals surface area contributed by atoms with Crippen molar-refractivity contribution in [3.8, 4) is 0 Å². The lowest BCUT2D eigenvalue weighted by Crippen LogP contribution is -2.38. The van der Waals surface area contributed by atoms with Crippen LogP contribution in [0.2, 0.25) is 0 Å². The van der Waals surface area contributed by atoms with Crippen LogP contribution in [0.5, 0.6) is 0 Å². The van der Waals surface area contributed by atoms with E-state index in [9.17, 15) is 10.0 Å². The van der Waals surface area contributed by atoms with E-state index in [1.807, 2.05) is 25.8 Å². The van der Waals surface area contributed by atoms with Crippen LogP contribution in [-0.2, 0) is 14.3 Å². The summed E-state index contributed by atoms with van der Waals surface area (Å²) in [5, 5.41) is 17.1. The van der Waals surface area contributed by atoms with Crippen LogP contribution in [0.25, 0.3) is 0 Å². The Kier molecular flexibility index (Phi) is 69.1. The van der Waals surface area contributed by atoms with Gasteiger partial charge in [-0.3, -0.25) is 26.1 Å². The third kappa shape index (κ3) is 58.2. The molecule has 406 valence electrons. The van der Waals surface area contributed by atoms with E-state index < -0.39 is 0 Å². The van der Waals surface area contributed by atoms with Gasteiger partial charge in [0.1, 0.15) is 17.8 Å². The average Bonchev–Trinajstić information content (AvgIpc) is 3.36. The summed E-state index contributed by atoms with van der Waals surface area (Å²) in [5.41, 5.74) is 7.48. The molecule has 0 aliphatic rings. The summed E-state index contributed by atoms with van der Waals surface area (Å²) in [5.74, 6) is 0.0858. The second-order valence-electron chi connectivity index (χ2n) is 18.9. The second-order valence-corrected chi connectivity index (χ2v) is 18.9. The molecule has 0 aromatic carbocycles. The monoisotopic (exact) mass is 965 g/mol. The highest BCUT2D eigenvalue weighted by Gasteiger charge is 2.11. The smallest absolute Gasteiger partial charge is 0.174 e. The summed E-state index contributed by atoms with van der Waals surface area (Å²) in [4.78, 5) is 20.9. The van der Waals surface area contributed by atoms with Crippen LogP contribution in [0.1, 0.15) is 279 Å². The van der Waals surface area contributed by atoms with Crippen LogP contribution in [0.4, 0.5) is 0 Å². The van der Waals surface area contributed by atoms with Crippen LogP contribution < -0.4 is 11.2 Å². The maximum absolute atomic E-state index is 10.4. The molecule has 10 heteroatoms. The van der Waals surface area contributed by atoms with E-state index in [1.54, 1.807) is 0 Å². The molecular formula is C58H120N6O4. The van der Waals surface area contributed by atoms with Gasteiger partial charge in [-0.15, -0.1) is 6.58 Å². The zero-order valence-corrected chi connectivity index (χ0v) is 47.1. The molecule has 0 saturated heterocycles. The number of ether oxygens (including phenoxy) is 2. The van der Waals surface area contributed by atoms with Crippen molar-refractivity contribution in [2.75, 3.05) is 47.4 Å². The quantitative estimate of drug-likeness (QED) is 0.0119. The van der Waals surface area contributed by atoms with Gasteiger partial charge in [0.05, 0.1) is 12.2 Å². The number of amidine groups is 2. The highest BCUT2D eigenvalue weighted by Crippen LogP contribution is 2.17. The third-order valence-corrected chi connectivity index (χ3v) is 12.7. The van der Waals surface area contributed by atoms with Gasteiger partial charge < -0.3 is 24.9 Å². The molecule has 0 aromatic heterocycles. The molecule has 68 heavy (non-hydrogen) atoms. The number of nitrogens with zero attached hydrogens (tertiary/aromatic N) is 3. The summed E-state index contributed by atoms with van der Waals surface area (Å²) in [6.45, 7) is 20.8. The van der Waals surface area contributed by atoms with Crippen molar-refractivity contribution in [3.05, 3.63) is 12.7 Å². The Balaban J connectivity index is -0.000000478. The number of hydrogen-bond acceptors (Lipinski definition) is 8. The molecule has 0 aliphatic carbocycles. The number of aldehydes is 1. The Morgan fingerprint density at radius 3 is 1.34 bits per heavy atom. The van der Waals surface area contributed by atoms with E-state index in [1.165, 1.54) is 206 Å². The van der Waals surface area contributed by atoms with E-state index in [4.69, 9.17) is 20.6 Å². The van der Waals surface area contributed by atoms with Gasteiger partial charge >= 0.3 is 0 Å². The van der Waals surface area contributed by atoms with E-state index in [2.05, 4.69) is 63.0 Å². The minimum atomic E-state index is -0.0992. The van der Waals surface area contributed by atoms with Crippen molar-refractivity contribution in [2.45, 2.75) is 291 Å². The fourth-order valence-corrected chi connectivity index (χ4v) is 7.80. The normalized spacial score (nSPS) is 11.9. The fraction of sp³-hybridized carbons (Fsp3) is 0.897. The first-order valence-corrected chi connectivity index (χ1v) is 28.8. The molecule has 0 heterocycles. The maximum Gasteiger partial charge on any atom is 0.174 e. The second kappa shape index (κ2) is 64.9. The molecule has 10 nitrogen and oxygen atoms in total. The van der Waals surface area contributed by atoms with Gasteiger partial charge in [-0.25, -0.2) is 0 Å². The van der Waals surface area contributed by atoms with Crippen molar-refractivity contribution in [1.82, 2.24) is 10.4 Å². The van der Waals surface area contributed by atoms with Crippen molar-refractivity contribution >= 4 is 23.7 Å². The lowest BCUT2D eigenvalue weighted by molar-refractivity contribution is -0.107. The van der Waals surface area contributed by atoms with E-state index >= 15 is 0 Å². The number of rotatable bonds is 47. The van der Waals surface area contributed by atoms with Crippen LogP contribution in [0, 0.1) is 5.41 Å². The Morgan fingerprint density at radius 2 is 0.971 bits per heavy atom. The molecule has 0 saturated carbocycles. The first-order valence-electron chi connectivity index (χ1n) is 28.8. The molecule has 1 unspecified atom stereocenters. The molecule has 1 atom stereocenters. The Labute approximate surface area is 424 Å². The lowest BCUT2D eigenvalue weighted by atomic mass is 10.0. The minimum Gasteiger partial charge on any atom is -0.382 e. The number of nitrogens with one attached hydrogen (secondary N) is 2. The molecule has 5 N–H and O–H groups in total. The maximum atomic E-state index is 10.4. The zero-order valence-electron chi connectivity index (χ0n) is 47.1. The average molecular weight is 966 g/mol. The van der Waals surface area contributed by atoms with Crippen LogP contribution in [-0.4, -0.2) is 93.4 Å². The van der Waals surface area contributed by atoms with Crippen molar-refractivity contribution in [2.24, 2.45) is 15.7 Å². The van der Waals surface area contributed by atoms with Crippen LogP contribution in [0.15, 0.2) is 22.6 Å². The predicted molar refractivity (Wildman–Crippen MR) is 302 cm³/mol. The summed E-state index contributed by atoms with van der Waals surface area (Å²) in [6.07, 6.45) is 51.2. The Bertz CT molecular complexity index is 1010. The summed E-state index contributed by atoms with van der Waals surface area (Å²) in [7, 11) is 5.21.